The second-order valence-corrected chi connectivity index (χ2v) is 11.4. The van der Waals surface area contributed by atoms with Crippen molar-refractivity contribution in [3.8, 4) is 0 Å². The number of nitrogens with zero attached hydrogens (tertiary/aromatic N) is 4. The zero-order valence-electron chi connectivity index (χ0n) is 23.7. The smallest absolute Gasteiger partial charge is 0.261 e. The summed E-state index contributed by atoms with van der Waals surface area (Å²) in [5, 5.41) is 14.5. The molecule has 1 atom stereocenters. The number of fused-ring (bicyclic) bond motifs is 1. The lowest BCUT2D eigenvalue weighted by Crippen LogP contribution is -2.49. The molecule has 9 nitrogen and oxygen atoms in total. The molecule has 2 saturated heterocycles. The molecule has 5 rings (SSSR count). The van der Waals surface area contributed by atoms with E-state index in [0.29, 0.717) is 48.9 Å². The van der Waals surface area contributed by atoms with E-state index < -0.39 is 5.60 Å². The minimum Gasteiger partial charge on any atom is -0.388 e. The largest absolute Gasteiger partial charge is 0.388 e. The highest BCUT2D eigenvalue weighted by Gasteiger charge is 2.35. The van der Waals surface area contributed by atoms with Gasteiger partial charge in [-0.15, -0.1) is 0 Å². The van der Waals surface area contributed by atoms with Gasteiger partial charge < -0.3 is 20.2 Å². The summed E-state index contributed by atoms with van der Waals surface area (Å²) in [6, 6.07) is 15.0. The predicted octanol–water partition coefficient (Wildman–Crippen LogP) is 3.88. The average Bonchev–Trinajstić information content (AvgIpc) is 2.99. The maximum Gasteiger partial charge on any atom is 0.261 e. The lowest BCUT2D eigenvalue weighted by Gasteiger charge is -2.38. The van der Waals surface area contributed by atoms with Crippen molar-refractivity contribution in [3.63, 3.8) is 0 Å². The second-order valence-electron chi connectivity index (χ2n) is 11.4. The Morgan fingerprint density at radius 2 is 1.78 bits per heavy atom. The molecule has 2 N–H and O–H groups in total. The zero-order chi connectivity index (χ0) is 28.8. The molecule has 41 heavy (non-hydrogen) atoms. The van der Waals surface area contributed by atoms with Gasteiger partial charge in [0.05, 0.1) is 29.4 Å². The third-order valence-corrected chi connectivity index (χ3v) is 8.28. The van der Waals surface area contributed by atoms with Crippen molar-refractivity contribution in [1.29, 1.82) is 0 Å². The van der Waals surface area contributed by atoms with E-state index in [1.54, 1.807) is 18.2 Å². The molecule has 2 aliphatic heterocycles. The van der Waals surface area contributed by atoms with E-state index >= 15 is 0 Å². The minimum absolute atomic E-state index is 0.0813. The van der Waals surface area contributed by atoms with Crippen LogP contribution in [0.2, 0.25) is 0 Å². The second kappa shape index (κ2) is 12.7. The molecular formula is C32H39N5O4. The lowest BCUT2D eigenvalue weighted by molar-refractivity contribution is -0.136. The standard InChI is InChI=1S/C32H39N5O4/c1-24(25-8-4-2-5-9-25)20-30(39)36-18-13-32(41,14-19-36)22-37-23-33-28-21-26(10-11-27(28)31(37)40)34-29(38)12-17-35-15-6-3-7-16-35/h2,4-5,8-12,17,21,23-24,41H,3,6-7,13-16,18-20,22H2,1H3,(H,34,38)/b17-12+. The highest BCUT2D eigenvalue weighted by atomic mass is 16.3. The van der Waals surface area contributed by atoms with Gasteiger partial charge in [0.1, 0.15) is 0 Å². The Hall–Kier alpha value is -3.98. The van der Waals surface area contributed by atoms with Crippen LogP contribution in [0.3, 0.4) is 0 Å². The number of piperidine rings is 2. The van der Waals surface area contributed by atoms with Crippen LogP contribution in [0, 0.1) is 0 Å². The summed E-state index contributed by atoms with van der Waals surface area (Å²) < 4.78 is 1.44. The first-order valence-electron chi connectivity index (χ1n) is 14.6. The summed E-state index contributed by atoms with van der Waals surface area (Å²) in [4.78, 5) is 46.9. The van der Waals surface area contributed by atoms with E-state index in [4.69, 9.17) is 0 Å². The van der Waals surface area contributed by atoms with Gasteiger partial charge in [-0.05, 0) is 61.8 Å². The van der Waals surface area contributed by atoms with Crippen molar-refractivity contribution < 1.29 is 14.7 Å². The molecule has 3 heterocycles. The summed E-state index contributed by atoms with van der Waals surface area (Å²) in [6.07, 6.45) is 9.53. The molecule has 216 valence electrons. The van der Waals surface area contributed by atoms with Gasteiger partial charge in [0, 0.05) is 50.6 Å². The fourth-order valence-corrected chi connectivity index (χ4v) is 5.71. The third kappa shape index (κ3) is 7.21. The van der Waals surface area contributed by atoms with Crippen LogP contribution in [-0.4, -0.2) is 68.1 Å². The summed E-state index contributed by atoms with van der Waals surface area (Å²) in [5.74, 6) is -0.0284. The number of hydrogen-bond acceptors (Lipinski definition) is 6. The maximum atomic E-state index is 13.2. The molecule has 2 fully saturated rings. The molecule has 0 aliphatic carbocycles. The van der Waals surface area contributed by atoms with E-state index in [2.05, 4.69) is 22.1 Å². The SMILES string of the molecule is CC(CC(=O)N1CCC(O)(Cn2cnc3cc(NC(=O)/C=C/N4CCCCC4)ccc3c2=O)CC1)c1ccccc1. The molecule has 0 bridgehead atoms. The first kappa shape index (κ1) is 28.5. The molecule has 0 radical (unpaired) electrons. The Morgan fingerprint density at radius 3 is 2.51 bits per heavy atom. The van der Waals surface area contributed by atoms with Gasteiger partial charge in [-0.2, -0.15) is 0 Å². The number of aliphatic hydroxyl groups is 1. The molecule has 1 aromatic heterocycles. The number of amides is 2. The van der Waals surface area contributed by atoms with Crippen molar-refractivity contribution in [3.05, 3.63) is 83.1 Å². The Balaban J connectivity index is 1.17. The highest BCUT2D eigenvalue weighted by molar-refractivity contribution is 6.00. The van der Waals surface area contributed by atoms with Crippen LogP contribution in [0.5, 0.6) is 0 Å². The molecule has 0 spiro atoms. The first-order chi connectivity index (χ1) is 19.8. The number of carbonyl (C=O) groups excluding carboxylic acids is 2. The molecule has 3 aromatic rings. The van der Waals surface area contributed by atoms with Gasteiger partial charge in [0.15, 0.2) is 0 Å². The number of rotatable bonds is 8. The number of benzene rings is 2. The normalized spacial score (nSPS) is 18.0. The van der Waals surface area contributed by atoms with Crippen LogP contribution in [0.1, 0.15) is 56.9 Å². The summed E-state index contributed by atoms with van der Waals surface area (Å²) in [6.45, 7) is 4.99. The van der Waals surface area contributed by atoms with Gasteiger partial charge >= 0.3 is 0 Å². The average molecular weight is 558 g/mol. The number of carbonyl (C=O) groups is 2. The number of anilines is 1. The summed E-state index contributed by atoms with van der Waals surface area (Å²) in [5.41, 5.74) is 0.824. The van der Waals surface area contributed by atoms with Crippen molar-refractivity contribution in [2.24, 2.45) is 0 Å². The molecule has 9 heteroatoms. The summed E-state index contributed by atoms with van der Waals surface area (Å²) >= 11 is 0. The summed E-state index contributed by atoms with van der Waals surface area (Å²) in [7, 11) is 0. The lowest BCUT2D eigenvalue weighted by atomic mass is 9.90. The van der Waals surface area contributed by atoms with Gasteiger partial charge in [0.25, 0.3) is 5.56 Å². The number of likely N-dealkylation sites (tertiary alicyclic amines) is 2. The van der Waals surface area contributed by atoms with Gasteiger partial charge in [-0.1, -0.05) is 37.3 Å². The van der Waals surface area contributed by atoms with Crippen molar-refractivity contribution in [2.75, 3.05) is 31.5 Å². The highest BCUT2D eigenvalue weighted by Crippen LogP contribution is 2.27. The first-order valence-corrected chi connectivity index (χ1v) is 14.6. The number of aromatic nitrogens is 2. The number of nitrogens with one attached hydrogen (secondary N) is 1. The third-order valence-electron chi connectivity index (χ3n) is 8.28. The Bertz CT molecular complexity index is 1450. The van der Waals surface area contributed by atoms with Crippen LogP contribution in [0.25, 0.3) is 10.9 Å². The van der Waals surface area contributed by atoms with E-state index in [-0.39, 0.29) is 29.8 Å². The maximum absolute atomic E-state index is 13.2. The molecule has 2 amide bonds. The molecular weight excluding hydrogens is 518 g/mol. The van der Waals surface area contributed by atoms with Crippen LogP contribution < -0.4 is 10.9 Å². The molecule has 1 unspecified atom stereocenters. The minimum atomic E-state index is -1.10. The van der Waals surface area contributed by atoms with E-state index in [9.17, 15) is 19.5 Å². The Labute approximate surface area is 240 Å². The van der Waals surface area contributed by atoms with Crippen molar-refractivity contribution >= 4 is 28.4 Å². The van der Waals surface area contributed by atoms with Gasteiger partial charge in [0.2, 0.25) is 11.8 Å². The van der Waals surface area contributed by atoms with Gasteiger partial charge in [-0.25, -0.2) is 4.98 Å². The van der Waals surface area contributed by atoms with Crippen molar-refractivity contribution in [1.82, 2.24) is 19.4 Å². The zero-order valence-corrected chi connectivity index (χ0v) is 23.7. The van der Waals surface area contributed by atoms with Crippen LogP contribution >= 0.6 is 0 Å². The fraction of sp³-hybridized carbons (Fsp3) is 0.438. The van der Waals surface area contributed by atoms with Crippen LogP contribution in [-0.2, 0) is 16.1 Å². The van der Waals surface area contributed by atoms with Crippen molar-refractivity contribution in [2.45, 2.75) is 63.5 Å². The topological polar surface area (TPSA) is 108 Å². The fourth-order valence-electron chi connectivity index (χ4n) is 5.71. The molecule has 0 saturated carbocycles. The molecule has 2 aromatic carbocycles. The Kier molecular flexibility index (Phi) is 8.83. The van der Waals surface area contributed by atoms with Crippen LogP contribution in [0.15, 0.2) is 71.9 Å². The monoisotopic (exact) mass is 557 g/mol. The quantitative estimate of drug-likeness (QED) is 0.407. The van der Waals surface area contributed by atoms with Gasteiger partial charge in [-0.3, -0.25) is 19.0 Å². The van der Waals surface area contributed by atoms with E-state index in [0.717, 1.165) is 31.5 Å². The number of hydrogen-bond donors (Lipinski definition) is 2. The van der Waals surface area contributed by atoms with E-state index in [1.807, 2.05) is 41.4 Å². The molecule has 2 aliphatic rings. The van der Waals surface area contributed by atoms with Crippen LogP contribution in [0.4, 0.5) is 5.69 Å². The predicted molar refractivity (Wildman–Crippen MR) is 159 cm³/mol. The Morgan fingerprint density at radius 1 is 1.05 bits per heavy atom. The van der Waals surface area contributed by atoms with E-state index in [1.165, 1.54) is 23.4 Å².